The first-order valence-corrected chi connectivity index (χ1v) is 6.96. The van der Waals surface area contributed by atoms with Gasteiger partial charge in [0.15, 0.2) is 5.65 Å². The van der Waals surface area contributed by atoms with E-state index in [1.54, 1.807) is 4.40 Å². The Morgan fingerprint density at radius 2 is 2.10 bits per heavy atom. The van der Waals surface area contributed by atoms with Crippen LogP contribution in [-0.2, 0) is 0 Å². The molecular weight excluding hydrogens is 268 g/mol. The van der Waals surface area contributed by atoms with E-state index in [2.05, 4.69) is 10.2 Å². The number of H-pyrrole nitrogens is 1. The first-order chi connectivity index (χ1) is 10.1. The van der Waals surface area contributed by atoms with E-state index >= 15 is 0 Å². The highest BCUT2D eigenvalue weighted by Crippen LogP contribution is 2.28. The number of rotatable bonds is 4. The topological polar surface area (TPSA) is 85.4 Å². The zero-order chi connectivity index (χ0) is 15.0. The van der Waals surface area contributed by atoms with E-state index in [4.69, 9.17) is 10.5 Å². The first kappa shape index (κ1) is 13.6. The van der Waals surface area contributed by atoms with Crippen molar-refractivity contribution in [1.82, 2.24) is 14.6 Å². The zero-order valence-electron chi connectivity index (χ0n) is 12.1. The second-order valence-electron chi connectivity index (χ2n) is 5.18. The lowest BCUT2D eigenvalue weighted by Gasteiger charge is -2.12. The third-order valence-corrected chi connectivity index (χ3v) is 3.61. The molecule has 0 radical (unpaired) electrons. The quantitative estimate of drug-likeness (QED) is 0.712. The Labute approximate surface area is 121 Å². The molecule has 0 amide bonds. The Hall–Kier alpha value is -2.34. The van der Waals surface area contributed by atoms with Gasteiger partial charge >= 0.3 is 5.69 Å². The number of aromatic nitrogens is 3. The molecule has 1 aromatic carbocycles. The zero-order valence-corrected chi connectivity index (χ0v) is 12.1. The molecule has 3 rings (SSSR count). The van der Waals surface area contributed by atoms with E-state index in [1.807, 2.05) is 32.0 Å². The second kappa shape index (κ2) is 5.21. The lowest BCUT2D eigenvalue weighted by Crippen LogP contribution is -2.11. The van der Waals surface area contributed by atoms with Crippen LogP contribution in [0.4, 0.5) is 0 Å². The molecule has 110 valence electrons. The van der Waals surface area contributed by atoms with E-state index in [0.717, 1.165) is 34.2 Å². The van der Waals surface area contributed by atoms with E-state index in [-0.39, 0.29) is 5.69 Å². The number of ether oxygens (including phenoxy) is 1. The summed E-state index contributed by atoms with van der Waals surface area (Å²) < 4.78 is 7.36. The minimum absolute atomic E-state index is 0.230. The second-order valence-corrected chi connectivity index (χ2v) is 5.18. The van der Waals surface area contributed by atoms with Gasteiger partial charge in [-0.3, -0.25) is 0 Å². The van der Waals surface area contributed by atoms with Crippen molar-refractivity contribution in [2.24, 2.45) is 5.73 Å². The van der Waals surface area contributed by atoms with Crippen molar-refractivity contribution in [2.45, 2.75) is 20.3 Å². The minimum atomic E-state index is -0.230. The minimum Gasteiger partial charge on any atom is -0.493 e. The highest BCUT2D eigenvalue weighted by Gasteiger charge is 2.11. The van der Waals surface area contributed by atoms with Gasteiger partial charge in [-0.25, -0.2) is 14.3 Å². The lowest BCUT2D eigenvalue weighted by molar-refractivity contribution is 0.312. The van der Waals surface area contributed by atoms with Crippen LogP contribution in [0.15, 0.2) is 23.0 Å². The van der Waals surface area contributed by atoms with Crippen molar-refractivity contribution in [2.75, 3.05) is 13.2 Å². The average Bonchev–Trinajstić information content (AvgIpc) is 2.81. The predicted molar refractivity (Wildman–Crippen MR) is 82.0 cm³/mol. The summed E-state index contributed by atoms with van der Waals surface area (Å²) in [5.41, 5.74) is 8.76. The summed E-state index contributed by atoms with van der Waals surface area (Å²) in [6.45, 7) is 5.17. The number of aromatic amines is 1. The summed E-state index contributed by atoms with van der Waals surface area (Å²) >= 11 is 0. The molecule has 0 fully saturated rings. The third-order valence-electron chi connectivity index (χ3n) is 3.61. The Balaban J connectivity index is 2.21. The fraction of sp³-hybridized carbons (Fsp3) is 0.333. The molecule has 0 aliphatic rings. The average molecular weight is 286 g/mol. The van der Waals surface area contributed by atoms with Gasteiger partial charge in [0.25, 0.3) is 0 Å². The largest absolute Gasteiger partial charge is 0.493 e. The van der Waals surface area contributed by atoms with E-state index in [1.165, 1.54) is 0 Å². The number of benzene rings is 1. The molecule has 0 atom stereocenters. The molecule has 0 aliphatic carbocycles. The fourth-order valence-electron chi connectivity index (χ4n) is 2.50. The van der Waals surface area contributed by atoms with Crippen LogP contribution in [0.5, 0.6) is 5.75 Å². The number of hydrogen-bond donors (Lipinski definition) is 2. The van der Waals surface area contributed by atoms with Crippen molar-refractivity contribution in [3.8, 4) is 5.75 Å². The Kier molecular flexibility index (Phi) is 3.39. The van der Waals surface area contributed by atoms with Gasteiger partial charge < -0.3 is 10.5 Å². The summed E-state index contributed by atoms with van der Waals surface area (Å²) in [6.07, 6.45) is 0.816. The van der Waals surface area contributed by atoms with Crippen LogP contribution in [0.3, 0.4) is 0 Å². The van der Waals surface area contributed by atoms with Crippen LogP contribution in [0, 0.1) is 13.8 Å². The number of nitrogens with one attached hydrogen (secondary N) is 1. The number of pyridine rings is 1. The Morgan fingerprint density at radius 1 is 1.29 bits per heavy atom. The van der Waals surface area contributed by atoms with Gasteiger partial charge in [-0.2, -0.15) is 5.10 Å². The highest BCUT2D eigenvalue weighted by molar-refractivity contribution is 5.87. The maximum Gasteiger partial charge on any atom is 0.348 e. The molecule has 2 heterocycles. The van der Waals surface area contributed by atoms with Gasteiger partial charge in [-0.15, -0.1) is 0 Å². The molecular formula is C15H18N4O2. The Bertz CT molecular complexity index is 863. The summed E-state index contributed by atoms with van der Waals surface area (Å²) in [5, 5.41) is 7.49. The molecule has 21 heavy (non-hydrogen) atoms. The summed E-state index contributed by atoms with van der Waals surface area (Å²) in [5.74, 6) is 0.829. The number of aryl methyl sites for hydroxylation is 2. The molecule has 0 saturated heterocycles. The van der Waals surface area contributed by atoms with Crippen molar-refractivity contribution in [3.63, 3.8) is 0 Å². The molecule has 2 aromatic heterocycles. The maximum atomic E-state index is 11.9. The van der Waals surface area contributed by atoms with Gasteiger partial charge in [0.05, 0.1) is 12.1 Å². The number of nitrogens with two attached hydrogens (primary N) is 1. The fourth-order valence-corrected chi connectivity index (χ4v) is 2.50. The summed E-state index contributed by atoms with van der Waals surface area (Å²) in [4.78, 5) is 11.9. The third kappa shape index (κ3) is 2.27. The number of fused-ring (bicyclic) bond motifs is 3. The van der Waals surface area contributed by atoms with Crippen LogP contribution in [-0.4, -0.2) is 27.7 Å². The molecule has 6 heteroatoms. The molecule has 0 saturated carbocycles. The Morgan fingerprint density at radius 3 is 2.86 bits per heavy atom. The molecule has 3 N–H and O–H groups in total. The van der Waals surface area contributed by atoms with Crippen molar-refractivity contribution < 1.29 is 4.74 Å². The van der Waals surface area contributed by atoms with Gasteiger partial charge in [0.2, 0.25) is 0 Å². The van der Waals surface area contributed by atoms with Crippen LogP contribution < -0.4 is 16.2 Å². The monoisotopic (exact) mass is 286 g/mol. The number of nitrogens with zero attached hydrogens (tertiary/aromatic N) is 2. The standard InChI is InChI=1S/C15H18N4O2/c1-9-7-14-17-18-15(20)19(14)12-6-10(2)13(8-11(9)12)21-5-3-4-16/h6-8H,3-5,16H2,1-2H3,(H,18,20). The predicted octanol–water partition coefficient (Wildman–Crippen LogP) is 1.52. The SMILES string of the molecule is Cc1cc2c(cc1OCCCN)c(C)cc1n[nH]c(=O)n12. The van der Waals surface area contributed by atoms with Crippen molar-refractivity contribution in [1.29, 1.82) is 0 Å². The lowest BCUT2D eigenvalue weighted by atomic mass is 10.1. The van der Waals surface area contributed by atoms with Crippen LogP contribution in [0.2, 0.25) is 0 Å². The van der Waals surface area contributed by atoms with E-state index < -0.39 is 0 Å². The van der Waals surface area contributed by atoms with E-state index in [0.29, 0.717) is 18.8 Å². The van der Waals surface area contributed by atoms with Gasteiger partial charge in [-0.05, 0) is 56.1 Å². The summed E-state index contributed by atoms with van der Waals surface area (Å²) in [7, 11) is 0. The molecule has 0 bridgehead atoms. The highest BCUT2D eigenvalue weighted by atomic mass is 16.5. The molecule has 0 aliphatic heterocycles. The molecule has 0 unspecified atom stereocenters. The smallest absolute Gasteiger partial charge is 0.348 e. The van der Waals surface area contributed by atoms with Gasteiger partial charge in [-0.1, -0.05) is 0 Å². The molecule has 3 aromatic rings. The van der Waals surface area contributed by atoms with Gasteiger partial charge in [0, 0.05) is 5.39 Å². The summed E-state index contributed by atoms with van der Waals surface area (Å²) in [6, 6.07) is 5.83. The maximum absolute atomic E-state index is 11.9. The van der Waals surface area contributed by atoms with Crippen LogP contribution in [0.1, 0.15) is 17.5 Å². The van der Waals surface area contributed by atoms with Crippen molar-refractivity contribution in [3.05, 3.63) is 39.8 Å². The van der Waals surface area contributed by atoms with Crippen LogP contribution >= 0.6 is 0 Å². The van der Waals surface area contributed by atoms with Crippen LogP contribution in [0.25, 0.3) is 16.6 Å². The molecule has 6 nitrogen and oxygen atoms in total. The van der Waals surface area contributed by atoms with Gasteiger partial charge in [0.1, 0.15) is 5.75 Å². The number of hydrogen-bond acceptors (Lipinski definition) is 4. The first-order valence-electron chi connectivity index (χ1n) is 6.96. The van der Waals surface area contributed by atoms with E-state index in [9.17, 15) is 4.79 Å². The molecule has 0 spiro atoms. The normalized spacial score (nSPS) is 11.4. The van der Waals surface area contributed by atoms with Crippen molar-refractivity contribution >= 4 is 16.6 Å².